The van der Waals surface area contributed by atoms with E-state index in [1.807, 2.05) is 55.1 Å². The minimum Gasteiger partial charge on any atom is -0.484 e. The minimum atomic E-state index is -0.112. The smallest absolute Gasteiger partial charge is 0.258 e. The van der Waals surface area contributed by atoms with Crippen LogP contribution in [0.5, 0.6) is 5.75 Å². The van der Waals surface area contributed by atoms with E-state index >= 15 is 0 Å². The number of carbonyl (C=O) groups excluding carboxylic acids is 2. The zero-order chi connectivity index (χ0) is 20.6. The molecule has 5 nitrogen and oxygen atoms in total. The van der Waals surface area contributed by atoms with Crippen LogP contribution in [-0.2, 0) is 16.0 Å². The van der Waals surface area contributed by atoms with Gasteiger partial charge in [0.25, 0.3) is 5.91 Å². The number of hydrogen-bond acceptors (Lipinski definition) is 3. The van der Waals surface area contributed by atoms with Gasteiger partial charge < -0.3 is 15.0 Å². The van der Waals surface area contributed by atoms with Crippen LogP contribution in [0.2, 0.25) is 0 Å². The number of ether oxygens (including phenoxy) is 1. The van der Waals surface area contributed by atoms with Crippen molar-refractivity contribution in [3.05, 3.63) is 65.2 Å². The molecule has 2 aromatic carbocycles. The molecule has 1 aliphatic heterocycles. The maximum absolute atomic E-state index is 12.4. The Balaban J connectivity index is 1.36. The van der Waals surface area contributed by atoms with Crippen LogP contribution < -0.4 is 10.1 Å². The van der Waals surface area contributed by atoms with E-state index in [1.54, 1.807) is 0 Å². The van der Waals surface area contributed by atoms with Gasteiger partial charge in [-0.05, 0) is 50.3 Å². The molecule has 0 aromatic heterocycles. The summed E-state index contributed by atoms with van der Waals surface area (Å²) in [5.74, 6) is 0.820. The van der Waals surface area contributed by atoms with Crippen molar-refractivity contribution in [2.75, 3.05) is 19.7 Å². The van der Waals surface area contributed by atoms with E-state index in [0.29, 0.717) is 19.5 Å². The van der Waals surface area contributed by atoms with E-state index in [0.717, 1.165) is 30.6 Å². The highest BCUT2D eigenvalue weighted by Crippen LogP contribution is 2.18. The van der Waals surface area contributed by atoms with Crippen LogP contribution in [0, 0.1) is 13.8 Å². The zero-order valence-electron chi connectivity index (χ0n) is 17.3. The van der Waals surface area contributed by atoms with Crippen LogP contribution in [0.15, 0.2) is 48.5 Å². The summed E-state index contributed by atoms with van der Waals surface area (Å²) in [7, 11) is 0. The highest BCUT2D eigenvalue weighted by Gasteiger charge is 2.23. The van der Waals surface area contributed by atoms with E-state index in [2.05, 4.69) is 17.4 Å². The van der Waals surface area contributed by atoms with Crippen LogP contribution in [0.1, 0.15) is 36.0 Å². The molecule has 0 radical (unpaired) electrons. The summed E-state index contributed by atoms with van der Waals surface area (Å²) in [6, 6.07) is 16.1. The number of amides is 2. The van der Waals surface area contributed by atoms with Gasteiger partial charge in [-0.3, -0.25) is 9.59 Å². The maximum atomic E-state index is 12.4. The average Bonchev–Trinajstić information content (AvgIpc) is 2.72. The van der Waals surface area contributed by atoms with E-state index in [1.165, 1.54) is 11.1 Å². The quantitative estimate of drug-likeness (QED) is 0.783. The molecule has 1 N–H and O–H groups in total. The lowest BCUT2D eigenvalue weighted by Crippen LogP contribution is -2.47. The summed E-state index contributed by atoms with van der Waals surface area (Å²) in [6.07, 6.45) is 2.87. The summed E-state index contributed by atoms with van der Waals surface area (Å²) in [6.45, 7) is 5.40. The number of benzene rings is 2. The third-order valence-electron chi connectivity index (χ3n) is 5.37. The molecule has 1 heterocycles. The van der Waals surface area contributed by atoms with E-state index in [4.69, 9.17) is 4.74 Å². The Labute approximate surface area is 173 Å². The van der Waals surface area contributed by atoms with Crippen molar-refractivity contribution in [2.24, 2.45) is 0 Å². The molecule has 1 aliphatic rings. The number of hydrogen-bond donors (Lipinski definition) is 1. The molecule has 0 spiro atoms. The van der Waals surface area contributed by atoms with Gasteiger partial charge in [0.1, 0.15) is 5.75 Å². The average molecular weight is 395 g/mol. The van der Waals surface area contributed by atoms with E-state index < -0.39 is 0 Å². The van der Waals surface area contributed by atoms with Crippen LogP contribution in [0.3, 0.4) is 0 Å². The maximum Gasteiger partial charge on any atom is 0.258 e. The van der Waals surface area contributed by atoms with Gasteiger partial charge in [-0.1, -0.05) is 48.0 Å². The lowest BCUT2D eigenvalue weighted by Gasteiger charge is -2.32. The summed E-state index contributed by atoms with van der Waals surface area (Å²) in [5, 5.41) is 3.04. The van der Waals surface area contributed by atoms with Gasteiger partial charge in [-0.15, -0.1) is 0 Å². The van der Waals surface area contributed by atoms with Crippen LogP contribution in [-0.4, -0.2) is 42.5 Å². The number of carbonyl (C=O) groups is 2. The van der Waals surface area contributed by atoms with Crippen molar-refractivity contribution in [3.63, 3.8) is 0 Å². The predicted molar refractivity (Wildman–Crippen MR) is 114 cm³/mol. The summed E-state index contributed by atoms with van der Waals surface area (Å²) >= 11 is 0. The standard InChI is InChI=1S/C24H30N2O3/c1-18-8-10-22(19(2)16-18)29-17-23(27)25-21-12-14-26(15-13-21)24(28)11-9-20-6-4-3-5-7-20/h3-8,10,16,21H,9,11-15,17H2,1-2H3,(H,25,27). The fourth-order valence-corrected chi connectivity index (χ4v) is 3.70. The fourth-order valence-electron chi connectivity index (χ4n) is 3.70. The van der Waals surface area contributed by atoms with Crippen LogP contribution >= 0.6 is 0 Å². The minimum absolute atomic E-state index is 0.0140. The summed E-state index contributed by atoms with van der Waals surface area (Å²) in [5.41, 5.74) is 3.39. The Morgan fingerprint density at radius 1 is 1.07 bits per heavy atom. The Hall–Kier alpha value is -2.82. The van der Waals surface area contributed by atoms with Gasteiger partial charge in [-0.2, -0.15) is 0 Å². The van der Waals surface area contributed by atoms with Gasteiger partial charge in [-0.25, -0.2) is 0 Å². The van der Waals surface area contributed by atoms with E-state index in [9.17, 15) is 9.59 Å². The van der Waals surface area contributed by atoms with Gasteiger partial charge in [0.2, 0.25) is 5.91 Å². The van der Waals surface area contributed by atoms with Crippen molar-refractivity contribution < 1.29 is 14.3 Å². The highest BCUT2D eigenvalue weighted by atomic mass is 16.5. The lowest BCUT2D eigenvalue weighted by molar-refractivity contribution is -0.132. The molecular weight excluding hydrogens is 364 g/mol. The molecule has 0 bridgehead atoms. The van der Waals surface area contributed by atoms with Crippen LogP contribution in [0.25, 0.3) is 0 Å². The molecule has 2 aromatic rings. The van der Waals surface area contributed by atoms with Crippen molar-refractivity contribution in [1.29, 1.82) is 0 Å². The molecular formula is C24H30N2O3. The molecule has 0 unspecified atom stereocenters. The van der Waals surface area contributed by atoms with Crippen molar-refractivity contribution >= 4 is 11.8 Å². The van der Waals surface area contributed by atoms with Gasteiger partial charge >= 0.3 is 0 Å². The third-order valence-corrected chi connectivity index (χ3v) is 5.37. The third kappa shape index (κ3) is 6.34. The van der Waals surface area contributed by atoms with E-state index in [-0.39, 0.29) is 24.5 Å². The zero-order valence-corrected chi connectivity index (χ0v) is 17.3. The second-order valence-electron chi connectivity index (χ2n) is 7.77. The second-order valence-corrected chi connectivity index (χ2v) is 7.77. The molecule has 154 valence electrons. The molecule has 1 fully saturated rings. The molecule has 0 saturated carbocycles. The molecule has 0 atom stereocenters. The molecule has 0 aliphatic carbocycles. The van der Waals surface area contributed by atoms with Gasteiger partial charge in [0, 0.05) is 25.6 Å². The molecule has 2 amide bonds. The van der Waals surface area contributed by atoms with Crippen molar-refractivity contribution in [3.8, 4) is 5.75 Å². The number of rotatable bonds is 7. The topological polar surface area (TPSA) is 58.6 Å². The molecule has 3 rings (SSSR count). The molecule has 29 heavy (non-hydrogen) atoms. The normalized spacial score (nSPS) is 14.5. The van der Waals surface area contributed by atoms with Gasteiger partial charge in [0.05, 0.1) is 0 Å². The van der Waals surface area contributed by atoms with Gasteiger partial charge in [0.15, 0.2) is 6.61 Å². The first-order valence-corrected chi connectivity index (χ1v) is 10.3. The molecule has 1 saturated heterocycles. The second kappa shape index (κ2) is 10.1. The number of nitrogens with zero attached hydrogens (tertiary/aromatic N) is 1. The summed E-state index contributed by atoms with van der Waals surface area (Å²) in [4.78, 5) is 26.6. The fraction of sp³-hybridized carbons (Fsp3) is 0.417. The highest BCUT2D eigenvalue weighted by molar-refractivity contribution is 5.78. The lowest BCUT2D eigenvalue weighted by atomic mass is 10.0. The number of aryl methyl sites for hydroxylation is 3. The largest absolute Gasteiger partial charge is 0.484 e. The number of piperidine rings is 1. The van der Waals surface area contributed by atoms with Crippen LogP contribution in [0.4, 0.5) is 0 Å². The Bertz CT molecular complexity index is 827. The first kappa shape index (κ1) is 20.9. The Kier molecular flexibility index (Phi) is 7.28. The Morgan fingerprint density at radius 2 is 1.79 bits per heavy atom. The predicted octanol–water partition coefficient (Wildman–Crippen LogP) is 3.42. The first-order valence-electron chi connectivity index (χ1n) is 10.3. The molecule has 5 heteroatoms. The number of nitrogens with one attached hydrogen (secondary N) is 1. The SMILES string of the molecule is Cc1ccc(OCC(=O)NC2CCN(C(=O)CCc3ccccc3)CC2)c(C)c1. The van der Waals surface area contributed by atoms with Crippen molar-refractivity contribution in [2.45, 2.75) is 45.6 Å². The summed E-state index contributed by atoms with van der Waals surface area (Å²) < 4.78 is 5.65. The van der Waals surface area contributed by atoms with Crippen molar-refractivity contribution in [1.82, 2.24) is 10.2 Å². The number of likely N-dealkylation sites (tertiary alicyclic amines) is 1. The first-order chi connectivity index (χ1) is 14.0. The monoisotopic (exact) mass is 394 g/mol. The Morgan fingerprint density at radius 3 is 2.48 bits per heavy atom.